The van der Waals surface area contributed by atoms with E-state index < -0.39 is 40.5 Å². The maximum atomic E-state index is 14.2. The van der Waals surface area contributed by atoms with Crippen molar-refractivity contribution in [1.29, 1.82) is 0 Å². The monoisotopic (exact) mass is 430 g/mol. The van der Waals surface area contributed by atoms with Crippen molar-refractivity contribution >= 4 is 22.7 Å². The highest BCUT2D eigenvalue weighted by atomic mass is 19.2. The number of hydrogen-bond donors (Lipinski definition) is 1. The van der Waals surface area contributed by atoms with Gasteiger partial charge in [0.2, 0.25) is 17.5 Å². The summed E-state index contributed by atoms with van der Waals surface area (Å²) in [6, 6.07) is 11.6. The highest BCUT2D eigenvalue weighted by Crippen LogP contribution is 2.31. The highest BCUT2D eigenvalue weighted by molar-refractivity contribution is 6.05. The molecule has 0 spiro atoms. The first kappa shape index (κ1) is 20.4. The number of ether oxygens (including phenoxy) is 1. The first-order valence-corrected chi connectivity index (χ1v) is 8.99. The van der Waals surface area contributed by atoms with Gasteiger partial charge in [-0.05, 0) is 42.8 Å². The van der Waals surface area contributed by atoms with Crippen LogP contribution in [0.4, 0.5) is 23.2 Å². The van der Waals surface area contributed by atoms with Gasteiger partial charge in [-0.3, -0.25) is 4.79 Å². The third-order valence-corrected chi connectivity index (χ3v) is 4.57. The second-order valence-corrected chi connectivity index (χ2v) is 6.69. The zero-order valence-electron chi connectivity index (χ0n) is 16.2. The maximum absolute atomic E-state index is 14.2. The van der Waals surface area contributed by atoms with Gasteiger partial charge in [-0.1, -0.05) is 12.1 Å². The van der Waals surface area contributed by atoms with Gasteiger partial charge in [0.1, 0.15) is 11.1 Å². The molecule has 0 aliphatic heterocycles. The van der Waals surface area contributed by atoms with Crippen LogP contribution < -0.4 is 10.1 Å². The van der Waals surface area contributed by atoms with E-state index in [1.807, 2.05) is 19.1 Å². The van der Waals surface area contributed by atoms with E-state index in [4.69, 9.17) is 4.42 Å². The van der Waals surface area contributed by atoms with Crippen molar-refractivity contribution in [3.05, 3.63) is 76.9 Å². The Hall–Kier alpha value is -3.88. The molecular formula is C22H14F4N2O3. The fourth-order valence-corrected chi connectivity index (χ4v) is 3.07. The normalized spacial score (nSPS) is 11.0. The van der Waals surface area contributed by atoms with E-state index >= 15 is 0 Å². The second kappa shape index (κ2) is 7.75. The van der Waals surface area contributed by atoms with E-state index in [2.05, 4.69) is 15.0 Å². The van der Waals surface area contributed by atoms with Crippen molar-refractivity contribution in [2.45, 2.75) is 6.92 Å². The molecule has 9 heteroatoms. The molecule has 0 unspecified atom stereocenters. The summed E-state index contributed by atoms with van der Waals surface area (Å²) in [6.07, 6.45) is 0. The number of methoxy groups -OCH3 is 1. The second-order valence-electron chi connectivity index (χ2n) is 6.69. The number of aromatic nitrogens is 1. The number of nitrogens with zero attached hydrogens (tertiary/aromatic N) is 1. The SMILES string of the molecule is COc1c(F)c(F)c(C(=O)Nc2cccc(-c3nc4ccc(C)cc4o3)c2)c(F)c1F. The van der Waals surface area contributed by atoms with Crippen molar-refractivity contribution in [3.8, 4) is 17.2 Å². The number of amides is 1. The summed E-state index contributed by atoms with van der Waals surface area (Å²) in [4.78, 5) is 16.7. The molecule has 158 valence electrons. The number of benzene rings is 3. The lowest BCUT2D eigenvalue weighted by Gasteiger charge is -2.11. The molecule has 1 aromatic heterocycles. The third kappa shape index (κ3) is 3.58. The number of hydrogen-bond acceptors (Lipinski definition) is 4. The van der Waals surface area contributed by atoms with Gasteiger partial charge in [0.15, 0.2) is 23.0 Å². The van der Waals surface area contributed by atoms with Crippen molar-refractivity contribution in [2.75, 3.05) is 12.4 Å². The molecule has 3 aromatic carbocycles. The van der Waals surface area contributed by atoms with Crippen LogP contribution in [-0.2, 0) is 0 Å². The summed E-state index contributed by atoms with van der Waals surface area (Å²) in [7, 11) is 0.846. The molecule has 5 nitrogen and oxygen atoms in total. The topological polar surface area (TPSA) is 64.4 Å². The fraction of sp³-hybridized carbons (Fsp3) is 0.0909. The summed E-state index contributed by atoms with van der Waals surface area (Å²) in [5.41, 5.74) is 1.36. The molecule has 0 fully saturated rings. The van der Waals surface area contributed by atoms with Gasteiger partial charge in [-0.25, -0.2) is 13.8 Å². The molecule has 1 amide bonds. The Bertz CT molecular complexity index is 1310. The van der Waals surface area contributed by atoms with Crippen LogP contribution >= 0.6 is 0 Å². The highest BCUT2D eigenvalue weighted by Gasteiger charge is 2.30. The molecule has 0 aliphatic carbocycles. The first-order chi connectivity index (χ1) is 14.8. The minimum atomic E-state index is -1.86. The van der Waals surface area contributed by atoms with Gasteiger partial charge >= 0.3 is 0 Å². The van der Waals surface area contributed by atoms with Crippen molar-refractivity contribution in [1.82, 2.24) is 4.98 Å². The number of fused-ring (bicyclic) bond motifs is 1. The van der Waals surface area contributed by atoms with Crippen LogP contribution in [0.5, 0.6) is 5.75 Å². The van der Waals surface area contributed by atoms with Crippen molar-refractivity contribution in [3.63, 3.8) is 0 Å². The Morgan fingerprint density at radius 3 is 2.39 bits per heavy atom. The fourth-order valence-electron chi connectivity index (χ4n) is 3.07. The number of oxazole rings is 1. The van der Waals surface area contributed by atoms with Crippen LogP contribution in [0.1, 0.15) is 15.9 Å². The minimum absolute atomic E-state index is 0.108. The number of carbonyl (C=O) groups excluding carboxylic acids is 1. The summed E-state index contributed by atoms with van der Waals surface area (Å²) in [5, 5.41) is 2.22. The summed E-state index contributed by atoms with van der Waals surface area (Å²) in [5.74, 6) is -9.70. The molecule has 0 bridgehead atoms. The predicted octanol–water partition coefficient (Wildman–Crippen LogP) is 5.62. The number of nitrogens with one attached hydrogen (secondary N) is 1. The maximum Gasteiger partial charge on any atom is 0.261 e. The molecule has 0 aliphatic rings. The Balaban J connectivity index is 1.67. The van der Waals surface area contributed by atoms with Gasteiger partial charge in [0.05, 0.1) is 7.11 Å². The smallest absolute Gasteiger partial charge is 0.261 e. The van der Waals surface area contributed by atoms with E-state index in [0.29, 0.717) is 16.7 Å². The van der Waals surface area contributed by atoms with Crippen molar-refractivity contribution in [2.24, 2.45) is 0 Å². The van der Waals surface area contributed by atoms with E-state index in [9.17, 15) is 22.4 Å². The largest absolute Gasteiger partial charge is 0.491 e. The lowest BCUT2D eigenvalue weighted by atomic mass is 10.1. The quantitative estimate of drug-likeness (QED) is 0.337. The van der Waals surface area contributed by atoms with Crippen molar-refractivity contribution < 1.29 is 31.5 Å². The van der Waals surface area contributed by atoms with Crippen LogP contribution in [0.3, 0.4) is 0 Å². The number of aryl methyl sites for hydroxylation is 1. The molecule has 4 aromatic rings. The average molecular weight is 430 g/mol. The predicted molar refractivity (Wildman–Crippen MR) is 105 cm³/mol. The molecule has 0 radical (unpaired) electrons. The van der Waals surface area contributed by atoms with Crippen LogP contribution in [0.25, 0.3) is 22.6 Å². The van der Waals surface area contributed by atoms with Crippen LogP contribution in [0.2, 0.25) is 0 Å². The molecular weight excluding hydrogens is 416 g/mol. The average Bonchev–Trinajstić information content (AvgIpc) is 3.16. The molecule has 4 rings (SSSR count). The number of carbonyl (C=O) groups is 1. The lowest BCUT2D eigenvalue weighted by molar-refractivity contribution is 0.101. The van der Waals surface area contributed by atoms with Crippen LogP contribution in [0, 0.1) is 30.2 Å². The number of rotatable bonds is 4. The Morgan fingerprint density at radius 2 is 1.71 bits per heavy atom. The lowest BCUT2D eigenvalue weighted by Crippen LogP contribution is -2.18. The van der Waals surface area contributed by atoms with Gasteiger partial charge in [0.25, 0.3) is 5.91 Å². The molecule has 0 atom stereocenters. The van der Waals surface area contributed by atoms with E-state index in [1.165, 1.54) is 12.1 Å². The van der Waals surface area contributed by atoms with Gasteiger partial charge in [-0.15, -0.1) is 0 Å². The van der Waals surface area contributed by atoms with Gasteiger partial charge in [0, 0.05) is 11.3 Å². The van der Waals surface area contributed by atoms with E-state index in [1.54, 1.807) is 18.2 Å². The summed E-state index contributed by atoms with van der Waals surface area (Å²) >= 11 is 0. The molecule has 0 saturated heterocycles. The van der Waals surface area contributed by atoms with E-state index in [-0.39, 0.29) is 11.6 Å². The Kier molecular flexibility index (Phi) is 5.10. The summed E-state index contributed by atoms with van der Waals surface area (Å²) in [6.45, 7) is 1.90. The molecule has 31 heavy (non-hydrogen) atoms. The molecule has 0 saturated carbocycles. The standard InChI is InChI=1S/C22H14F4N2O3/c1-10-6-7-13-14(8-10)31-22(28-13)11-4-3-5-12(9-11)27-21(29)15-16(23)18(25)20(30-2)19(26)17(15)24/h3-9H,1-2H3,(H,27,29). The number of anilines is 1. The minimum Gasteiger partial charge on any atom is -0.491 e. The molecule has 1 N–H and O–H groups in total. The third-order valence-electron chi connectivity index (χ3n) is 4.57. The Labute approximate surface area is 173 Å². The van der Waals surface area contributed by atoms with Crippen LogP contribution in [0.15, 0.2) is 46.9 Å². The van der Waals surface area contributed by atoms with Crippen LogP contribution in [-0.4, -0.2) is 18.0 Å². The molecule has 1 heterocycles. The van der Waals surface area contributed by atoms with E-state index in [0.717, 1.165) is 12.7 Å². The Morgan fingerprint density at radius 1 is 1.00 bits per heavy atom. The van der Waals surface area contributed by atoms with Gasteiger partial charge < -0.3 is 14.5 Å². The number of halogens is 4. The zero-order valence-corrected chi connectivity index (χ0v) is 16.2. The van der Waals surface area contributed by atoms with Gasteiger partial charge in [-0.2, -0.15) is 8.78 Å². The summed E-state index contributed by atoms with van der Waals surface area (Å²) < 4.78 is 66.2. The first-order valence-electron chi connectivity index (χ1n) is 8.99. The zero-order chi connectivity index (χ0) is 22.3.